The number of aromatic nitrogens is 1. The minimum atomic E-state index is 0. The molecule has 0 bridgehead atoms. The lowest BCUT2D eigenvalue weighted by atomic mass is 9.91. The van der Waals surface area contributed by atoms with Crippen LogP contribution in [0.2, 0.25) is 0 Å². The van der Waals surface area contributed by atoms with E-state index in [1.807, 2.05) is 20.2 Å². The summed E-state index contributed by atoms with van der Waals surface area (Å²) in [5, 5.41) is 19.4. The summed E-state index contributed by atoms with van der Waals surface area (Å²) in [7, 11) is 3.75. The number of nitriles is 1. The van der Waals surface area contributed by atoms with Gasteiger partial charge < -0.3 is 14.6 Å². The lowest BCUT2D eigenvalue weighted by Gasteiger charge is -2.31. The Morgan fingerprint density at radius 1 is 1.17 bits per heavy atom. The maximum Gasteiger partial charge on any atom is 0.173 e. The van der Waals surface area contributed by atoms with E-state index in [2.05, 4.69) is 45.9 Å². The van der Waals surface area contributed by atoms with Gasteiger partial charge >= 0.3 is 0 Å². The highest BCUT2D eigenvalue weighted by molar-refractivity contribution is 7.10. The number of piperidine rings is 1. The second-order valence-electron chi connectivity index (χ2n) is 9.64. The smallest absolute Gasteiger partial charge is 0.173 e. The quantitative estimate of drug-likeness (QED) is 0.349. The van der Waals surface area contributed by atoms with E-state index in [9.17, 15) is 0 Å². The van der Waals surface area contributed by atoms with Gasteiger partial charge in [-0.15, -0.1) is 36.2 Å². The average Bonchev–Trinajstić information content (AvgIpc) is 3.41. The standard InChI is InChI=1S/C25H29N3O2S.C2H7N.2ClH/c1-17-24(29-15-19-2-3-19)7-5-22-23(27-30-25(17)22)6-4-18-8-10-28(11-9-18)14-20-12-21(13-26)31-16-20;1-3-2;;/h5,7,12,16,18-19H,2-4,6,8-11,14-15H2,1H3;3H,1-2H3;2*1H. The van der Waals surface area contributed by atoms with Crippen molar-refractivity contribution in [2.24, 2.45) is 11.8 Å². The molecule has 1 saturated heterocycles. The SMILES string of the molecule is CNC.Cc1c(OCC2CC2)ccc2c(CCC3CCN(Cc4csc(C#N)c4)CC3)noc12.Cl.Cl. The molecule has 6 nitrogen and oxygen atoms in total. The summed E-state index contributed by atoms with van der Waals surface area (Å²) < 4.78 is 11.7. The number of benzene rings is 1. The van der Waals surface area contributed by atoms with Crippen LogP contribution >= 0.6 is 36.2 Å². The van der Waals surface area contributed by atoms with Crippen LogP contribution in [0.1, 0.15) is 53.8 Å². The zero-order valence-electron chi connectivity index (χ0n) is 21.4. The molecule has 1 aromatic carbocycles. The second-order valence-corrected chi connectivity index (χ2v) is 10.5. The minimum Gasteiger partial charge on any atom is -0.493 e. The van der Waals surface area contributed by atoms with Crippen molar-refractivity contribution in [2.45, 2.75) is 52.0 Å². The van der Waals surface area contributed by atoms with E-state index in [4.69, 9.17) is 14.5 Å². The number of thiophene rings is 1. The first-order chi connectivity index (χ1) is 16.6. The van der Waals surface area contributed by atoms with Crippen molar-refractivity contribution >= 4 is 47.1 Å². The fourth-order valence-electron chi connectivity index (χ4n) is 4.55. The van der Waals surface area contributed by atoms with E-state index in [0.29, 0.717) is 0 Å². The topological polar surface area (TPSA) is 74.3 Å². The van der Waals surface area contributed by atoms with Gasteiger partial charge in [0.2, 0.25) is 0 Å². The summed E-state index contributed by atoms with van der Waals surface area (Å²) in [4.78, 5) is 3.32. The molecule has 198 valence electrons. The van der Waals surface area contributed by atoms with Crippen LogP contribution in [0.25, 0.3) is 11.0 Å². The van der Waals surface area contributed by atoms with Gasteiger partial charge in [0.15, 0.2) is 5.58 Å². The Morgan fingerprint density at radius 2 is 1.89 bits per heavy atom. The Morgan fingerprint density at radius 3 is 2.53 bits per heavy atom. The maximum atomic E-state index is 9.00. The van der Waals surface area contributed by atoms with E-state index >= 15 is 0 Å². The van der Waals surface area contributed by atoms with Crippen LogP contribution in [0.4, 0.5) is 0 Å². The number of halogens is 2. The largest absolute Gasteiger partial charge is 0.493 e. The molecule has 2 aliphatic rings. The van der Waals surface area contributed by atoms with Gasteiger partial charge in [-0.2, -0.15) is 5.26 Å². The van der Waals surface area contributed by atoms with Crippen LogP contribution in [-0.4, -0.2) is 43.8 Å². The summed E-state index contributed by atoms with van der Waals surface area (Å²) in [6.45, 7) is 6.11. The van der Waals surface area contributed by atoms with Crippen LogP contribution in [0, 0.1) is 30.1 Å². The van der Waals surface area contributed by atoms with E-state index in [1.165, 1.54) is 31.2 Å². The molecule has 36 heavy (non-hydrogen) atoms. The van der Waals surface area contributed by atoms with Gasteiger partial charge in [-0.05, 0) is 114 Å². The second kappa shape index (κ2) is 14.8. The summed E-state index contributed by atoms with van der Waals surface area (Å²) >= 11 is 1.54. The lowest BCUT2D eigenvalue weighted by molar-refractivity contribution is 0.172. The third kappa shape index (κ3) is 8.09. The number of fused-ring (bicyclic) bond motifs is 1. The maximum absolute atomic E-state index is 9.00. The lowest BCUT2D eigenvalue weighted by Crippen LogP contribution is -2.33. The number of likely N-dealkylation sites (tertiary alicyclic amines) is 1. The average molecular weight is 554 g/mol. The van der Waals surface area contributed by atoms with Crippen molar-refractivity contribution in [3.63, 3.8) is 0 Å². The molecule has 0 radical (unpaired) electrons. The Kier molecular flexibility index (Phi) is 12.5. The van der Waals surface area contributed by atoms with Crippen LogP contribution in [0.5, 0.6) is 5.75 Å². The molecule has 2 aromatic heterocycles. The molecule has 5 rings (SSSR count). The van der Waals surface area contributed by atoms with Crippen LogP contribution in [0.3, 0.4) is 0 Å². The van der Waals surface area contributed by atoms with Gasteiger partial charge in [-0.3, -0.25) is 4.90 Å². The Hall–Kier alpha value is -1.82. The zero-order chi connectivity index (χ0) is 23.9. The first-order valence-corrected chi connectivity index (χ1v) is 13.3. The molecule has 0 amide bonds. The molecule has 1 N–H and O–H groups in total. The monoisotopic (exact) mass is 552 g/mol. The molecule has 1 aliphatic carbocycles. The van der Waals surface area contributed by atoms with Crippen LogP contribution in [0.15, 0.2) is 28.1 Å². The summed E-state index contributed by atoms with van der Waals surface area (Å²) in [5.74, 6) is 2.41. The van der Waals surface area contributed by atoms with Crippen molar-refractivity contribution in [3.05, 3.63) is 45.3 Å². The van der Waals surface area contributed by atoms with Gasteiger partial charge in [0.1, 0.15) is 16.7 Å². The van der Waals surface area contributed by atoms with Crippen molar-refractivity contribution in [3.8, 4) is 11.8 Å². The number of ether oxygens (including phenoxy) is 1. The van der Waals surface area contributed by atoms with Crippen molar-refractivity contribution in [1.82, 2.24) is 15.4 Å². The molecule has 0 spiro atoms. The molecule has 1 saturated carbocycles. The predicted molar refractivity (Wildman–Crippen MR) is 152 cm³/mol. The van der Waals surface area contributed by atoms with Crippen molar-refractivity contribution < 1.29 is 9.26 Å². The third-order valence-electron chi connectivity index (χ3n) is 6.75. The van der Waals surface area contributed by atoms with Gasteiger partial charge in [0.05, 0.1) is 12.3 Å². The molecule has 0 atom stereocenters. The first kappa shape index (κ1) is 30.4. The van der Waals surface area contributed by atoms with Crippen molar-refractivity contribution in [1.29, 1.82) is 5.26 Å². The van der Waals surface area contributed by atoms with Crippen LogP contribution in [-0.2, 0) is 13.0 Å². The van der Waals surface area contributed by atoms with E-state index in [0.717, 1.165) is 83.8 Å². The molecular weight excluding hydrogens is 515 g/mol. The number of nitrogens with zero attached hydrogens (tertiary/aromatic N) is 3. The number of nitrogens with one attached hydrogen (secondary N) is 1. The molecule has 9 heteroatoms. The fraction of sp³-hybridized carbons (Fsp3) is 0.556. The highest BCUT2D eigenvalue weighted by atomic mass is 35.5. The molecular formula is C27H38Cl2N4O2S. The Labute approximate surface area is 231 Å². The first-order valence-electron chi connectivity index (χ1n) is 12.4. The minimum absolute atomic E-state index is 0. The molecule has 3 heterocycles. The Bertz CT molecular complexity index is 1110. The van der Waals surface area contributed by atoms with Gasteiger partial charge in [0, 0.05) is 17.5 Å². The molecule has 2 fully saturated rings. The highest BCUT2D eigenvalue weighted by Gasteiger charge is 2.24. The summed E-state index contributed by atoms with van der Waals surface area (Å²) in [6.07, 6.45) is 7.17. The third-order valence-corrected chi connectivity index (χ3v) is 7.64. The summed E-state index contributed by atoms with van der Waals surface area (Å²) in [6, 6.07) is 8.46. The number of aryl methyl sites for hydroxylation is 2. The number of hydrogen-bond acceptors (Lipinski definition) is 7. The molecule has 0 unspecified atom stereocenters. The van der Waals surface area contributed by atoms with E-state index < -0.39 is 0 Å². The highest BCUT2D eigenvalue weighted by Crippen LogP contribution is 2.34. The van der Waals surface area contributed by atoms with E-state index in [1.54, 1.807) is 11.3 Å². The van der Waals surface area contributed by atoms with Gasteiger partial charge in [0.25, 0.3) is 0 Å². The predicted octanol–water partition coefficient (Wildman–Crippen LogP) is 6.38. The zero-order valence-corrected chi connectivity index (χ0v) is 23.9. The normalized spacial score (nSPS) is 15.8. The number of rotatable bonds is 8. The molecule has 1 aliphatic heterocycles. The Balaban J connectivity index is 0.000000871. The fourth-order valence-corrected chi connectivity index (χ4v) is 5.24. The van der Waals surface area contributed by atoms with Gasteiger partial charge in [-0.25, -0.2) is 0 Å². The number of hydrogen-bond donors (Lipinski definition) is 1. The van der Waals surface area contributed by atoms with Gasteiger partial charge in [-0.1, -0.05) is 5.16 Å². The van der Waals surface area contributed by atoms with E-state index in [-0.39, 0.29) is 24.8 Å². The van der Waals surface area contributed by atoms with Crippen molar-refractivity contribution in [2.75, 3.05) is 33.8 Å². The van der Waals surface area contributed by atoms with Crippen LogP contribution < -0.4 is 10.1 Å². The summed E-state index contributed by atoms with van der Waals surface area (Å²) in [5.41, 5.74) is 4.30. The molecule has 3 aromatic rings.